The van der Waals surface area contributed by atoms with Crippen LogP contribution in [0.4, 0.5) is 0 Å². The molecule has 0 aromatic rings. The highest BCUT2D eigenvalue weighted by molar-refractivity contribution is 6.22. The summed E-state index contributed by atoms with van der Waals surface area (Å²) >= 11 is 6.18. The Hall–Kier alpha value is -0.230. The second-order valence-corrected chi connectivity index (χ2v) is 3.54. The SMILES string of the molecule is CCC1=C(C)C=CCCC1Cl. The predicted octanol–water partition coefficient (Wildman–Crippen LogP) is 3.67. The smallest absolute Gasteiger partial charge is 0.0553 e. The van der Waals surface area contributed by atoms with Gasteiger partial charge in [0.1, 0.15) is 0 Å². The summed E-state index contributed by atoms with van der Waals surface area (Å²) in [5, 5.41) is 0.273. The lowest BCUT2D eigenvalue weighted by molar-refractivity contribution is 0.815. The monoisotopic (exact) mass is 170 g/mol. The Balaban J connectivity index is 2.84. The first kappa shape index (κ1) is 8.86. The lowest BCUT2D eigenvalue weighted by Gasteiger charge is -2.11. The van der Waals surface area contributed by atoms with Crippen LogP contribution in [0, 0.1) is 0 Å². The molecule has 1 rings (SSSR count). The number of allylic oxidation sites excluding steroid dienone is 4. The van der Waals surface area contributed by atoms with E-state index in [2.05, 4.69) is 26.0 Å². The lowest BCUT2D eigenvalue weighted by Crippen LogP contribution is -2.02. The summed E-state index contributed by atoms with van der Waals surface area (Å²) in [6, 6.07) is 0. The van der Waals surface area contributed by atoms with E-state index in [4.69, 9.17) is 11.6 Å². The Kier molecular flexibility index (Phi) is 3.19. The van der Waals surface area contributed by atoms with Crippen molar-refractivity contribution in [3.05, 3.63) is 23.3 Å². The maximum atomic E-state index is 6.18. The molecule has 0 fully saturated rings. The van der Waals surface area contributed by atoms with E-state index in [0.29, 0.717) is 0 Å². The maximum Gasteiger partial charge on any atom is 0.0553 e. The number of hydrogen-bond donors (Lipinski definition) is 0. The first-order valence-electron chi connectivity index (χ1n) is 4.26. The largest absolute Gasteiger partial charge is 0.118 e. The Labute approximate surface area is 73.9 Å². The molecule has 0 aromatic heterocycles. The molecule has 0 N–H and O–H groups in total. The quantitative estimate of drug-likeness (QED) is 0.527. The van der Waals surface area contributed by atoms with Crippen LogP contribution in [0.5, 0.6) is 0 Å². The van der Waals surface area contributed by atoms with Crippen molar-refractivity contribution in [2.45, 2.75) is 38.5 Å². The zero-order chi connectivity index (χ0) is 8.27. The van der Waals surface area contributed by atoms with Crippen molar-refractivity contribution in [1.29, 1.82) is 0 Å². The Morgan fingerprint density at radius 1 is 1.64 bits per heavy atom. The zero-order valence-corrected chi connectivity index (χ0v) is 7.99. The van der Waals surface area contributed by atoms with Gasteiger partial charge in [-0.3, -0.25) is 0 Å². The summed E-state index contributed by atoms with van der Waals surface area (Å²) in [6.45, 7) is 4.32. The van der Waals surface area contributed by atoms with Crippen molar-refractivity contribution >= 4 is 11.6 Å². The normalized spacial score (nSPS) is 25.5. The molecule has 0 saturated heterocycles. The fourth-order valence-electron chi connectivity index (χ4n) is 1.53. The summed E-state index contributed by atoms with van der Waals surface area (Å²) < 4.78 is 0. The Morgan fingerprint density at radius 3 is 3.00 bits per heavy atom. The van der Waals surface area contributed by atoms with Crippen LogP contribution in [-0.4, -0.2) is 5.38 Å². The summed E-state index contributed by atoms with van der Waals surface area (Å²) in [6.07, 6.45) is 7.71. The van der Waals surface area contributed by atoms with Crippen molar-refractivity contribution in [3.63, 3.8) is 0 Å². The third kappa shape index (κ3) is 2.10. The van der Waals surface area contributed by atoms with Crippen molar-refractivity contribution in [2.75, 3.05) is 0 Å². The van der Waals surface area contributed by atoms with Gasteiger partial charge < -0.3 is 0 Å². The standard InChI is InChI=1S/C10H15Cl/c1-3-9-8(2)6-4-5-7-10(9)11/h4,6,10H,3,5,7H2,1-2H3. The van der Waals surface area contributed by atoms with Crippen LogP contribution in [0.25, 0.3) is 0 Å². The zero-order valence-electron chi connectivity index (χ0n) is 7.23. The van der Waals surface area contributed by atoms with Crippen molar-refractivity contribution < 1.29 is 0 Å². The first-order chi connectivity index (χ1) is 5.25. The molecule has 0 radical (unpaired) electrons. The third-order valence-corrected chi connectivity index (χ3v) is 2.70. The molecule has 0 aromatic carbocycles. The average Bonchev–Trinajstić information content (AvgIpc) is 2.12. The minimum Gasteiger partial charge on any atom is -0.118 e. The van der Waals surface area contributed by atoms with Crippen molar-refractivity contribution in [2.24, 2.45) is 0 Å². The summed E-state index contributed by atoms with van der Waals surface area (Å²) in [5.41, 5.74) is 2.78. The minimum atomic E-state index is 0.273. The van der Waals surface area contributed by atoms with Crippen LogP contribution in [0.15, 0.2) is 23.3 Å². The summed E-state index contributed by atoms with van der Waals surface area (Å²) in [5.74, 6) is 0. The molecular weight excluding hydrogens is 156 g/mol. The van der Waals surface area contributed by atoms with Crippen LogP contribution in [-0.2, 0) is 0 Å². The minimum absolute atomic E-state index is 0.273. The molecular formula is C10H15Cl. The first-order valence-corrected chi connectivity index (χ1v) is 4.69. The van der Waals surface area contributed by atoms with E-state index in [1.165, 1.54) is 11.1 Å². The van der Waals surface area contributed by atoms with E-state index in [-0.39, 0.29) is 5.38 Å². The molecule has 62 valence electrons. The molecule has 1 aliphatic carbocycles. The molecule has 0 aliphatic heterocycles. The van der Waals surface area contributed by atoms with Crippen LogP contribution in [0.3, 0.4) is 0 Å². The molecule has 1 aliphatic rings. The highest BCUT2D eigenvalue weighted by Gasteiger charge is 2.12. The van der Waals surface area contributed by atoms with E-state index in [0.717, 1.165) is 19.3 Å². The third-order valence-electron chi connectivity index (χ3n) is 2.22. The van der Waals surface area contributed by atoms with E-state index < -0.39 is 0 Å². The van der Waals surface area contributed by atoms with Gasteiger partial charge in [0.2, 0.25) is 0 Å². The molecule has 0 saturated carbocycles. The summed E-state index contributed by atoms with van der Waals surface area (Å²) in [7, 11) is 0. The van der Waals surface area contributed by atoms with Crippen molar-refractivity contribution in [3.8, 4) is 0 Å². The molecule has 11 heavy (non-hydrogen) atoms. The van der Waals surface area contributed by atoms with Gasteiger partial charge in [-0.15, -0.1) is 11.6 Å². The fraction of sp³-hybridized carbons (Fsp3) is 0.600. The highest BCUT2D eigenvalue weighted by Crippen LogP contribution is 2.25. The van der Waals surface area contributed by atoms with Gasteiger partial charge >= 0.3 is 0 Å². The van der Waals surface area contributed by atoms with Gasteiger partial charge in [-0.25, -0.2) is 0 Å². The van der Waals surface area contributed by atoms with E-state index in [1.807, 2.05) is 0 Å². The van der Waals surface area contributed by atoms with Crippen LogP contribution < -0.4 is 0 Å². The number of rotatable bonds is 1. The van der Waals surface area contributed by atoms with Gasteiger partial charge in [0, 0.05) is 0 Å². The van der Waals surface area contributed by atoms with Crippen LogP contribution in [0.1, 0.15) is 33.1 Å². The predicted molar refractivity (Wildman–Crippen MR) is 51.0 cm³/mol. The molecule has 0 heterocycles. The van der Waals surface area contributed by atoms with Gasteiger partial charge in [-0.05, 0) is 31.8 Å². The van der Waals surface area contributed by atoms with Gasteiger partial charge in [-0.1, -0.05) is 24.6 Å². The highest BCUT2D eigenvalue weighted by atomic mass is 35.5. The number of halogens is 1. The van der Waals surface area contributed by atoms with E-state index >= 15 is 0 Å². The lowest BCUT2D eigenvalue weighted by atomic mass is 10.0. The molecule has 0 spiro atoms. The van der Waals surface area contributed by atoms with Crippen LogP contribution >= 0.6 is 11.6 Å². The maximum absolute atomic E-state index is 6.18. The summed E-state index contributed by atoms with van der Waals surface area (Å²) in [4.78, 5) is 0. The second kappa shape index (κ2) is 3.96. The van der Waals surface area contributed by atoms with E-state index in [1.54, 1.807) is 0 Å². The van der Waals surface area contributed by atoms with Crippen molar-refractivity contribution in [1.82, 2.24) is 0 Å². The average molecular weight is 171 g/mol. The molecule has 0 nitrogen and oxygen atoms in total. The van der Waals surface area contributed by atoms with Gasteiger partial charge in [-0.2, -0.15) is 0 Å². The van der Waals surface area contributed by atoms with Gasteiger partial charge in [0.25, 0.3) is 0 Å². The molecule has 1 atom stereocenters. The van der Waals surface area contributed by atoms with Crippen LogP contribution in [0.2, 0.25) is 0 Å². The molecule has 0 bridgehead atoms. The van der Waals surface area contributed by atoms with Gasteiger partial charge in [0.15, 0.2) is 0 Å². The topological polar surface area (TPSA) is 0 Å². The Morgan fingerprint density at radius 2 is 2.36 bits per heavy atom. The molecule has 1 unspecified atom stereocenters. The second-order valence-electron chi connectivity index (χ2n) is 3.01. The number of hydrogen-bond acceptors (Lipinski definition) is 0. The molecule has 1 heteroatoms. The van der Waals surface area contributed by atoms with Gasteiger partial charge in [0.05, 0.1) is 5.38 Å². The number of alkyl halides is 1. The molecule has 0 amide bonds. The fourth-order valence-corrected chi connectivity index (χ4v) is 1.98. The Bertz CT molecular complexity index is 189. The van der Waals surface area contributed by atoms with E-state index in [9.17, 15) is 0 Å².